The first kappa shape index (κ1) is 17.2. The summed E-state index contributed by atoms with van der Waals surface area (Å²) >= 11 is 0. The molecule has 0 atom stereocenters. The molecular formula is C17H12F2N4O3. The number of hydrogen-bond acceptors (Lipinski definition) is 6. The predicted octanol–water partition coefficient (Wildman–Crippen LogP) is 4.51. The van der Waals surface area contributed by atoms with Crippen molar-refractivity contribution < 1.29 is 18.4 Å². The van der Waals surface area contributed by atoms with E-state index in [9.17, 15) is 18.9 Å². The van der Waals surface area contributed by atoms with Crippen LogP contribution in [0.3, 0.4) is 0 Å². The summed E-state index contributed by atoms with van der Waals surface area (Å²) in [6.07, 6.45) is 1.04. The topological polar surface area (TPSA) is 90.2 Å². The van der Waals surface area contributed by atoms with Crippen molar-refractivity contribution in [2.24, 2.45) is 0 Å². The number of rotatable bonds is 5. The molecule has 3 aromatic rings. The third kappa shape index (κ3) is 3.72. The van der Waals surface area contributed by atoms with E-state index >= 15 is 0 Å². The third-order valence-corrected chi connectivity index (χ3v) is 3.39. The van der Waals surface area contributed by atoms with Crippen molar-refractivity contribution in [2.45, 2.75) is 6.92 Å². The number of aryl methyl sites for hydroxylation is 1. The number of halogens is 2. The molecule has 0 fully saturated rings. The van der Waals surface area contributed by atoms with Gasteiger partial charge in [-0.05, 0) is 31.2 Å². The zero-order valence-corrected chi connectivity index (χ0v) is 13.4. The zero-order chi connectivity index (χ0) is 18.7. The second-order valence-electron chi connectivity index (χ2n) is 5.30. The molecule has 0 bridgehead atoms. The average molecular weight is 358 g/mol. The number of nitro groups is 1. The van der Waals surface area contributed by atoms with Crippen LogP contribution in [0.4, 0.5) is 26.0 Å². The fourth-order valence-corrected chi connectivity index (χ4v) is 2.13. The molecule has 0 aliphatic carbocycles. The van der Waals surface area contributed by atoms with Gasteiger partial charge in [0.05, 0.1) is 10.6 Å². The summed E-state index contributed by atoms with van der Waals surface area (Å²) < 4.78 is 32.3. The van der Waals surface area contributed by atoms with Crippen molar-refractivity contribution in [1.82, 2.24) is 9.97 Å². The maximum atomic E-state index is 13.8. The van der Waals surface area contributed by atoms with Gasteiger partial charge in [0, 0.05) is 6.07 Å². The molecule has 0 aliphatic rings. The second-order valence-corrected chi connectivity index (χ2v) is 5.30. The van der Waals surface area contributed by atoms with E-state index in [-0.39, 0.29) is 17.4 Å². The van der Waals surface area contributed by atoms with E-state index < -0.39 is 22.2 Å². The summed E-state index contributed by atoms with van der Waals surface area (Å²) in [4.78, 5) is 18.3. The lowest BCUT2D eigenvalue weighted by atomic mass is 10.2. The van der Waals surface area contributed by atoms with Crippen LogP contribution in [0.2, 0.25) is 0 Å². The van der Waals surface area contributed by atoms with Crippen molar-refractivity contribution in [3.63, 3.8) is 0 Å². The van der Waals surface area contributed by atoms with Crippen LogP contribution in [-0.4, -0.2) is 14.9 Å². The van der Waals surface area contributed by atoms with Crippen LogP contribution in [0.15, 0.2) is 48.8 Å². The number of hydrogen-bond donors (Lipinski definition) is 1. The molecule has 1 N–H and O–H groups in total. The lowest BCUT2D eigenvalue weighted by Gasteiger charge is -2.10. The highest BCUT2D eigenvalue weighted by atomic mass is 19.1. The lowest BCUT2D eigenvalue weighted by molar-refractivity contribution is -0.385. The normalized spacial score (nSPS) is 10.4. The highest BCUT2D eigenvalue weighted by Gasteiger charge is 2.25. The molecule has 0 spiro atoms. The van der Waals surface area contributed by atoms with Crippen LogP contribution in [0.5, 0.6) is 11.6 Å². The van der Waals surface area contributed by atoms with E-state index in [1.165, 1.54) is 0 Å². The van der Waals surface area contributed by atoms with Gasteiger partial charge in [-0.3, -0.25) is 10.1 Å². The molecule has 132 valence electrons. The summed E-state index contributed by atoms with van der Waals surface area (Å²) in [5.41, 5.74) is 0.245. The Morgan fingerprint density at radius 3 is 2.50 bits per heavy atom. The summed E-state index contributed by atoms with van der Waals surface area (Å²) in [7, 11) is 0. The summed E-state index contributed by atoms with van der Waals surface area (Å²) in [6.45, 7) is 1.89. The minimum absolute atomic E-state index is 0.172. The van der Waals surface area contributed by atoms with Crippen LogP contribution in [0.1, 0.15) is 5.56 Å². The molecular weight excluding hydrogens is 346 g/mol. The van der Waals surface area contributed by atoms with Gasteiger partial charge >= 0.3 is 11.6 Å². The Morgan fingerprint density at radius 1 is 1.12 bits per heavy atom. The van der Waals surface area contributed by atoms with Gasteiger partial charge in [-0.1, -0.05) is 17.7 Å². The fourth-order valence-electron chi connectivity index (χ4n) is 2.13. The SMILES string of the molecule is Cc1ccc(Oc2ncnc(Nc3ccc(F)cc3F)c2[N+](=O)[O-])cc1. The molecule has 0 saturated heterocycles. The largest absolute Gasteiger partial charge is 0.434 e. The molecule has 0 amide bonds. The first-order valence-corrected chi connectivity index (χ1v) is 7.40. The van der Waals surface area contributed by atoms with Crippen molar-refractivity contribution in [3.05, 3.63) is 76.1 Å². The minimum atomic E-state index is -0.918. The van der Waals surface area contributed by atoms with Crippen LogP contribution in [0.25, 0.3) is 0 Å². The van der Waals surface area contributed by atoms with E-state index in [1.807, 2.05) is 6.92 Å². The Kier molecular flexibility index (Phi) is 4.70. The van der Waals surface area contributed by atoms with Crippen molar-refractivity contribution in [3.8, 4) is 11.6 Å². The molecule has 0 saturated carbocycles. The van der Waals surface area contributed by atoms with Gasteiger partial charge in [-0.15, -0.1) is 0 Å². The third-order valence-electron chi connectivity index (χ3n) is 3.39. The Hall–Kier alpha value is -3.62. The Labute approximate surface area is 146 Å². The zero-order valence-electron chi connectivity index (χ0n) is 13.4. The maximum Gasteiger partial charge on any atom is 0.373 e. The van der Waals surface area contributed by atoms with Crippen molar-refractivity contribution >= 4 is 17.2 Å². The fraction of sp³-hybridized carbons (Fsp3) is 0.0588. The van der Waals surface area contributed by atoms with Gasteiger partial charge in [0.25, 0.3) is 0 Å². The highest BCUT2D eigenvalue weighted by molar-refractivity contribution is 5.69. The molecule has 26 heavy (non-hydrogen) atoms. The van der Waals surface area contributed by atoms with Crippen molar-refractivity contribution in [2.75, 3.05) is 5.32 Å². The van der Waals surface area contributed by atoms with E-state index in [0.29, 0.717) is 11.8 Å². The molecule has 0 aliphatic heterocycles. The van der Waals surface area contributed by atoms with Crippen LogP contribution >= 0.6 is 0 Å². The van der Waals surface area contributed by atoms with Gasteiger partial charge < -0.3 is 10.1 Å². The summed E-state index contributed by atoms with van der Waals surface area (Å²) in [5.74, 6) is -1.93. The minimum Gasteiger partial charge on any atom is -0.434 e. The van der Waals surface area contributed by atoms with Crippen LogP contribution in [0, 0.1) is 28.7 Å². The second kappa shape index (κ2) is 7.09. The molecule has 3 rings (SSSR count). The van der Waals surface area contributed by atoms with Crippen LogP contribution < -0.4 is 10.1 Å². The predicted molar refractivity (Wildman–Crippen MR) is 89.6 cm³/mol. The van der Waals surface area contributed by atoms with Gasteiger partial charge in [0.1, 0.15) is 23.7 Å². The smallest absolute Gasteiger partial charge is 0.373 e. The molecule has 0 unspecified atom stereocenters. The number of nitrogens with one attached hydrogen (secondary N) is 1. The van der Waals surface area contributed by atoms with E-state index in [1.54, 1.807) is 24.3 Å². The summed E-state index contributed by atoms with van der Waals surface area (Å²) in [5, 5.41) is 13.9. The molecule has 1 heterocycles. The standard InChI is InChI=1S/C17H12F2N4O3/c1-10-2-5-12(6-3-10)26-17-15(23(24)25)16(20-9-21-17)22-14-7-4-11(18)8-13(14)19/h2-9H,1H3,(H,20,21,22). The molecule has 7 nitrogen and oxygen atoms in total. The first-order valence-electron chi connectivity index (χ1n) is 7.40. The molecule has 2 aromatic carbocycles. The lowest BCUT2D eigenvalue weighted by Crippen LogP contribution is -2.04. The number of ether oxygens (including phenoxy) is 1. The molecule has 0 radical (unpaired) electrons. The van der Waals surface area contributed by atoms with E-state index in [0.717, 1.165) is 24.0 Å². The number of benzene rings is 2. The Balaban J connectivity index is 1.98. The number of anilines is 2. The Bertz CT molecular complexity index is 965. The average Bonchev–Trinajstić information content (AvgIpc) is 2.59. The monoisotopic (exact) mass is 358 g/mol. The number of aromatic nitrogens is 2. The number of nitrogens with zero attached hydrogens (tertiary/aromatic N) is 3. The summed E-state index contributed by atoms with van der Waals surface area (Å²) in [6, 6.07) is 9.59. The molecule has 1 aromatic heterocycles. The van der Waals surface area contributed by atoms with Gasteiger partial charge in [-0.2, -0.15) is 4.98 Å². The maximum absolute atomic E-state index is 13.8. The van der Waals surface area contributed by atoms with Gasteiger partial charge in [0.2, 0.25) is 5.82 Å². The van der Waals surface area contributed by atoms with Gasteiger partial charge in [-0.25, -0.2) is 13.8 Å². The molecule has 9 heteroatoms. The van der Waals surface area contributed by atoms with Crippen LogP contribution in [-0.2, 0) is 0 Å². The van der Waals surface area contributed by atoms with Gasteiger partial charge in [0.15, 0.2) is 0 Å². The first-order chi connectivity index (χ1) is 12.4. The Morgan fingerprint density at radius 2 is 1.85 bits per heavy atom. The highest BCUT2D eigenvalue weighted by Crippen LogP contribution is 2.35. The van der Waals surface area contributed by atoms with E-state index in [4.69, 9.17) is 4.74 Å². The quantitative estimate of drug-likeness (QED) is 0.533. The van der Waals surface area contributed by atoms with Crippen molar-refractivity contribution in [1.29, 1.82) is 0 Å². The van der Waals surface area contributed by atoms with E-state index in [2.05, 4.69) is 15.3 Å².